The third-order valence-electron chi connectivity index (χ3n) is 6.96. The normalized spacial score (nSPS) is 20.1. The molecular formula is C26H39N3O5. The summed E-state index contributed by atoms with van der Waals surface area (Å²) in [4.78, 5) is 43.1. The molecule has 2 aliphatic heterocycles. The first kappa shape index (κ1) is 25.8. The van der Waals surface area contributed by atoms with Crippen molar-refractivity contribution >= 4 is 17.7 Å². The van der Waals surface area contributed by atoms with Gasteiger partial charge in [-0.15, -0.1) is 0 Å². The Balaban J connectivity index is 1.61. The predicted octanol–water partition coefficient (Wildman–Crippen LogP) is 2.96. The summed E-state index contributed by atoms with van der Waals surface area (Å²) < 4.78 is 10.5. The van der Waals surface area contributed by atoms with Crippen molar-refractivity contribution in [2.24, 2.45) is 17.8 Å². The molecule has 0 radical (unpaired) electrons. The van der Waals surface area contributed by atoms with Crippen LogP contribution < -0.4 is 14.8 Å². The number of carbonyl (C=O) groups is 3. The second kappa shape index (κ2) is 11.6. The van der Waals surface area contributed by atoms with Crippen molar-refractivity contribution in [3.05, 3.63) is 23.8 Å². The molecule has 34 heavy (non-hydrogen) atoms. The number of hydrogen-bond acceptors (Lipinski definition) is 5. The Morgan fingerprint density at radius 3 is 2.09 bits per heavy atom. The first-order valence-electron chi connectivity index (χ1n) is 12.3. The summed E-state index contributed by atoms with van der Waals surface area (Å²) in [6, 6.07) is 4.29. The van der Waals surface area contributed by atoms with Crippen LogP contribution >= 0.6 is 0 Å². The molecule has 3 amide bonds. The molecule has 8 nitrogen and oxygen atoms in total. The molecule has 3 rings (SSSR count). The minimum absolute atomic E-state index is 0.0225. The quantitative estimate of drug-likeness (QED) is 0.658. The molecule has 1 aromatic rings. The summed E-state index contributed by atoms with van der Waals surface area (Å²) in [5.74, 6) is 1.24. The van der Waals surface area contributed by atoms with E-state index in [-0.39, 0.29) is 29.6 Å². The summed E-state index contributed by atoms with van der Waals surface area (Å²) in [6.45, 7) is 8.79. The molecule has 1 N–H and O–H groups in total. The average molecular weight is 474 g/mol. The van der Waals surface area contributed by atoms with Gasteiger partial charge in [-0.3, -0.25) is 14.4 Å². The van der Waals surface area contributed by atoms with Crippen LogP contribution in [0.2, 0.25) is 0 Å². The minimum Gasteiger partial charge on any atom is -0.497 e. The molecule has 2 aliphatic rings. The largest absolute Gasteiger partial charge is 0.497 e. The van der Waals surface area contributed by atoms with E-state index in [9.17, 15) is 14.4 Å². The second-order valence-electron chi connectivity index (χ2n) is 9.93. The van der Waals surface area contributed by atoms with Gasteiger partial charge in [0, 0.05) is 43.7 Å². The van der Waals surface area contributed by atoms with Gasteiger partial charge in [-0.05, 0) is 49.7 Å². The number of hydrogen-bond donors (Lipinski definition) is 1. The highest BCUT2D eigenvalue weighted by molar-refractivity contribution is 5.98. The average Bonchev–Trinajstić information content (AvgIpc) is 2.85. The van der Waals surface area contributed by atoms with Gasteiger partial charge in [0.2, 0.25) is 11.8 Å². The molecule has 0 aromatic heterocycles. The van der Waals surface area contributed by atoms with E-state index < -0.39 is 6.04 Å². The lowest BCUT2D eigenvalue weighted by molar-refractivity contribution is -0.143. The van der Waals surface area contributed by atoms with Gasteiger partial charge in [0.15, 0.2) is 0 Å². The number of ether oxygens (including phenoxy) is 2. The lowest BCUT2D eigenvalue weighted by Crippen LogP contribution is -2.54. The number of piperidine rings is 2. The number of carbonyl (C=O) groups excluding carboxylic acids is 3. The van der Waals surface area contributed by atoms with Crippen molar-refractivity contribution in [3.63, 3.8) is 0 Å². The van der Waals surface area contributed by atoms with Crippen molar-refractivity contribution in [3.8, 4) is 11.5 Å². The number of benzene rings is 1. The Morgan fingerprint density at radius 2 is 1.56 bits per heavy atom. The van der Waals surface area contributed by atoms with E-state index in [0.29, 0.717) is 48.9 Å². The van der Waals surface area contributed by atoms with Crippen LogP contribution in [-0.2, 0) is 9.59 Å². The zero-order chi connectivity index (χ0) is 24.8. The standard InChI is InChI=1S/C26H39N3O5/c1-17(2)23(27-24(30)20-13-21(33-4)15-22(14-20)34-5)26(32)28-11-8-19(9-12-28)25(31)29-10-6-7-18(3)16-29/h13-15,17-19,23H,6-12,16H2,1-5H3,(H,27,30). The topological polar surface area (TPSA) is 88.2 Å². The zero-order valence-electron chi connectivity index (χ0n) is 21.1. The van der Waals surface area contributed by atoms with Crippen LogP contribution in [0.4, 0.5) is 0 Å². The van der Waals surface area contributed by atoms with E-state index in [1.807, 2.05) is 18.7 Å². The van der Waals surface area contributed by atoms with Crippen LogP contribution in [0.1, 0.15) is 56.8 Å². The lowest BCUT2D eigenvalue weighted by atomic mass is 9.92. The first-order chi connectivity index (χ1) is 16.2. The van der Waals surface area contributed by atoms with Crippen LogP contribution in [0.25, 0.3) is 0 Å². The second-order valence-corrected chi connectivity index (χ2v) is 9.93. The Hall–Kier alpha value is -2.77. The van der Waals surface area contributed by atoms with Crippen LogP contribution in [-0.4, -0.2) is 74.0 Å². The Morgan fingerprint density at radius 1 is 0.941 bits per heavy atom. The maximum absolute atomic E-state index is 13.3. The fourth-order valence-corrected chi connectivity index (χ4v) is 4.87. The summed E-state index contributed by atoms with van der Waals surface area (Å²) in [6.07, 6.45) is 3.59. The minimum atomic E-state index is -0.653. The third kappa shape index (κ3) is 6.21. The van der Waals surface area contributed by atoms with E-state index in [0.717, 1.165) is 19.5 Å². The van der Waals surface area contributed by atoms with Crippen molar-refractivity contribution in [1.29, 1.82) is 0 Å². The molecular weight excluding hydrogens is 434 g/mol. The number of amides is 3. The van der Waals surface area contributed by atoms with Gasteiger partial charge in [-0.2, -0.15) is 0 Å². The van der Waals surface area contributed by atoms with Gasteiger partial charge < -0.3 is 24.6 Å². The van der Waals surface area contributed by atoms with Gasteiger partial charge in [0.05, 0.1) is 14.2 Å². The molecule has 188 valence electrons. The Kier molecular flexibility index (Phi) is 8.80. The van der Waals surface area contributed by atoms with Crippen LogP contribution in [0.3, 0.4) is 0 Å². The molecule has 2 atom stereocenters. The van der Waals surface area contributed by atoms with Gasteiger partial charge in [0.1, 0.15) is 17.5 Å². The molecule has 1 aromatic carbocycles. The maximum Gasteiger partial charge on any atom is 0.252 e. The Bertz CT molecular complexity index is 857. The van der Waals surface area contributed by atoms with Crippen LogP contribution in [0.15, 0.2) is 18.2 Å². The Labute approximate surface area is 202 Å². The number of nitrogens with zero attached hydrogens (tertiary/aromatic N) is 2. The molecule has 2 unspecified atom stereocenters. The van der Waals surface area contributed by atoms with E-state index in [1.165, 1.54) is 20.6 Å². The molecule has 0 bridgehead atoms. The molecule has 2 fully saturated rings. The molecule has 8 heteroatoms. The number of nitrogens with one attached hydrogen (secondary N) is 1. The van der Waals surface area contributed by atoms with Crippen molar-refractivity contribution in [2.45, 2.75) is 52.5 Å². The fourth-order valence-electron chi connectivity index (χ4n) is 4.87. The van der Waals surface area contributed by atoms with E-state index in [4.69, 9.17) is 9.47 Å². The lowest BCUT2D eigenvalue weighted by Gasteiger charge is -2.38. The molecule has 0 aliphatic carbocycles. The highest BCUT2D eigenvalue weighted by atomic mass is 16.5. The van der Waals surface area contributed by atoms with E-state index in [2.05, 4.69) is 12.2 Å². The summed E-state index contributed by atoms with van der Waals surface area (Å²) in [5.41, 5.74) is 0.370. The zero-order valence-corrected chi connectivity index (χ0v) is 21.1. The maximum atomic E-state index is 13.3. The molecule has 0 spiro atoms. The van der Waals surface area contributed by atoms with Crippen molar-refractivity contribution in [2.75, 3.05) is 40.4 Å². The van der Waals surface area contributed by atoms with Gasteiger partial charge in [0.25, 0.3) is 5.91 Å². The number of methoxy groups -OCH3 is 2. The molecule has 0 saturated carbocycles. The fraction of sp³-hybridized carbons (Fsp3) is 0.654. The highest BCUT2D eigenvalue weighted by Crippen LogP contribution is 2.25. The van der Waals surface area contributed by atoms with Gasteiger partial charge in [-0.1, -0.05) is 20.8 Å². The summed E-state index contributed by atoms with van der Waals surface area (Å²) in [7, 11) is 3.05. The van der Waals surface area contributed by atoms with Gasteiger partial charge in [-0.25, -0.2) is 0 Å². The van der Waals surface area contributed by atoms with Crippen LogP contribution in [0, 0.1) is 17.8 Å². The van der Waals surface area contributed by atoms with Crippen molar-refractivity contribution < 1.29 is 23.9 Å². The van der Waals surface area contributed by atoms with E-state index in [1.54, 1.807) is 23.1 Å². The monoisotopic (exact) mass is 473 g/mol. The highest BCUT2D eigenvalue weighted by Gasteiger charge is 2.35. The number of rotatable bonds is 7. The smallest absolute Gasteiger partial charge is 0.252 e. The third-order valence-corrected chi connectivity index (χ3v) is 6.96. The van der Waals surface area contributed by atoms with Gasteiger partial charge >= 0.3 is 0 Å². The molecule has 2 heterocycles. The van der Waals surface area contributed by atoms with Crippen LogP contribution in [0.5, 0.6) is 11.5 Å². The summed E-state index contributed by atoms with van der Waals surface area (Å²) in [5, 5.41) is 2.91. The predicted molar refractivity (Wildman–Crippen MR) is 130 cm³/mol. The van der Waals surface area contributed by atoms with E-state index >= 15 is 0 Å². The molecule has 2 saturated heterocycles. The SMILES string of the molecule is COc1cc(OC)cc(C(=O)NC(C(=O)N2CCC(C(=O)N3CCCC(C)C3)CC2)C(C)C)c1. The first-order valence-corrected chi connectivity index (χ1v) is 12.3. The summed E-state index contributed by atoms with van der Waals surface area (Å²) >= 11 is 0. The van der Waals surface area contributed by atoms with Crippen molar-refractivity contribution in [1.82, 2.24) is 15.1 Å². The number of likely N-dealkylation sites (tertiary alicyclic amines) is 2.